The summed E-state index contributed by atoms with van der Waals surface area (Å²) >= 11 is 0. The Bertz CT molecular complexity index is 405. The molecule has 1 aliphatic carbocycles. The van der Waals surface area contributed by atoms with Crippen LogP contribution in [-0.2, 0) is 16.1 Å². The van der Waals surface area contributed by atoms with Gasteiger partial charge in [0.1, 0.15) is 5.54 Å². The first-order valence-corrected chi connectivity index (χ1v) is 7.02. The number of hydrogen-bond acceptors (Lipinski definition) is 4. The van der Waals surface area contributed by atoms with Gasteiger partial charge < -0.3 is 14.6 Å². The summed E-state index contributed by atoms with van der Waals surface area (Å²) in [5.41, 5.74) is -0.482. The molecule has 1 aliphatic rings. The number of nitrogens with one attached hydrogen (secondary N) is 1. The Morgan fingerprint density at radius 2 is 2.47 bits per heavy atom. The lowest BCUT2D eigenvalue weighted by Crippen LogP contribution is -2.55. The number of imidazole rings is 1. The van der Waals surface area contributed by atoms with Crippen molar-refractivity contribution in [3.63, 3.8) is 0 Å². The van der Waals surface area contributed by atoms with Crippen LogP contribution in [-0.4, -0.2) is 34.7 Å². The van der Waals surface area contributed by atoms with Crippen molar-refractivity contribution in [3.8, 4) is 0 Å². The van der Waals surface area contributed by atoms with Crippen molar-refractivity contribution < 1.29 is 9.53 Å². The van der Waals surface area contributed by atoms with Gasteiger partial charge in [-0.15, -0.1) is 0 Å². The molecule has 1 heterocycles. The van der Waals surface area contributed by atoms with Crippen molar-refractivity contribution in [2.24, 2.45) is 5.92 Å². The van der Waals surface area contributed by atoms with Gasteiger partial charge in [0, 0.05) is 18.9 Å². The van der Waals surface area contributed by atoms with Gasteiger partial charge in [-0.05, 0) is 31.7 Å². The summed E-state index contributed by atoms with van der Waals surface area (Å²) in [7, 11) is 1.48. The van der Waals surface area contributed by atoms with Crippen LogP contribution in [0.3, 0.4) is 0 Å². The molecule has 0 radical (unpaired) electrons. The van der Waals surface area contributed by atoms with E-state index in [1.54, 1.807) is 6.20 Å². The molecule has 2 rings (SSSR count). The van der Waals surface area contributed by atoms with E-state index in [0.717, 1.165) is 38.8 Å². The molecule has 5 heteroatoms. The number of aryl methyl sites for hydroxylation is 1. The SMILES string of the molecule is CCNC1(C(=O)OC)CCCC1CCn1ccnc1. The van der Waals surface area contributed by atoms with Crippen molar-refractivity contribution in [1.82, 2.24) is 14.9 Å². The Kier molecular flexibility index (Phi) is 4.58. The molecule has 0 aromatic carbocycles. The van der Waals surface area contributed by atoms with Gasteiger partial charge in [0.25, 0.3) is 0 Å². The van der Waals surface area contributed by atoms with Crippen LogP contribution in [0, 0.1) is 5.92 Å². The normalized spacial score (nSPS) is 26.5. The van der Waals surface area contributed by atoms with Crippen molar-refractivity contribution in [1.29, 1.82) is 0 Å². The number of aromatic nitrogens is 2. The van der Waals surface area contributed by atoms with E-state index in [1.807, 2.05) is 19.4 Å². The molecule has 0 spiro atoms. The fourth-order valence-corrected chi connectivity index (χ4v) is 3.26. The number of hydrogen-bond donors (Lipinski definition) is 1. The fourth-order valence-electron chi connectivity index (χ4n) is 3.26. The molecular weight excluding hydrogens is 242 g/mol. The van der Waals surface area contributed by atoms with Gasteiger partial charge in [-0.1, -0.05) is 13.3 Å². The maximum atomic E-state index is 12.2. The van der Waals surface area contributed by atoms with Crippen LogP contribution < -0.4 is 5.32 Å². The minimum atomic E-state index is -0.482. The minimum absolute atomic E-state index is 0.109. The molecule has 0 saturated heterocycles. The predicted molar refractivity (Wildman–Crippen MR) is 72.6 cm³/mol. The van der Waals surface area contributed by atoms with Crippen LogP contribution in [0.5, 0.6) is 0 Å². The number of rotatable bonds is 6. The Morgan fingerprint density at radius 1 is 1.63 bits per heavy atom. The summed E-state index contributed by atoms with van der Waals surface area (Å²) in [6.45, 7) is 3.72. The molecule has 1 N–H and O–H groups in total. The van der Waals surface area contributed by atoms with Crippen molar-refractivity contribution >= 4 is 5.97 Å². The second kappa shape index (κ2) is 6.19. The average molecular weight is 265 g/mol. The summed E-state index contributed by atoms with van der Waals surface area (Å²) in [4.78, 5) is 16.2. The van der Waals surface area contributed by atoms with Gasteiger partial charge in [0.05, 0.1) is 13.4 Å². The topological polar surface area (TPSA) is 56.1 Å². The molecular formula is C14H23N3O2. The van der Waals surface area contributed by atoms with E-state index in [0.29, 0.717) is 5.92 Å². The zero-order chi connectivity index (χ0) is 13.7. The Balaban J connectivity index is 2.06. The van der Waals surface area contributed by atoms with E-state index in [-0.39, 0.29) is 5.97 Å². The monoisotopic (exact) mass is 265 g/mol. The first kappa shape index (κ1) is 14.1. The zero-order valence-electron chi connectivity index (χ0n) is 11.8. The maximum Gasteiger partial charge on any atom is 0.326 e. The molecule has 5 nitrogen and oxygen atoms in total. The van der Waals surface area contributed by atoms with Crippen molar-refractivity contribution in [2.75, 3.05) is 13.7 Å². The third kappa shape index (κ3) is 2.81. The standard InChI is InChI=1S/C14H23N3O2/c1-3-16-14(13(18)19-2)7-4-5-12(14)6-9-17-10-8-15-11-17/h8,10-12,16H,3-7,9H2,1-2H3. The molecule has 19 heavy (non-hydrogen) atoms. The maximum absolute atomic E-state index is 12.2. The first-order chi connectivity index (χ1) is 9.23. The van der Waals surface area contributed by atoms with Crippen LogP contribution in [0.15, 0.2) is 18.7 Å². The summed E-state index contributed by atoms with van der Waals surface area (Å²) in [6.07, 6.45) is 9.57. The van der Waals surface area contributed by atoms with E-state index in [9.17, 15) is 4.79 Å². The highest BCUT2D eigenvalue weighted by atomic mass is 16.5. The van der Waals surface area contributed by atoms with E-state index in [2.05, 4.69) is 14.9 Å². The molecule has 1 aromatic heterocycles. The van der Waals surface area contributed by atoms with E-state index in [1.165, 1.54) is 7.11 Å². The number of esters is 1. The Hall–Kier alpha value is -1.36. The van der Waals surface area contributed by atoms with Crippen LogP contribution in [0.25, 0.3) is 0 Å². The molecule has 0 aliphatic heterocycles. The van der Waals surface area contributed by atoms with Crippen LogP contribution in [0.2, 0.25) is 0 Å². The van der Waals surface area contributed by atoms with E-state index < -0.39 is 5.54 Å². The Labute approximate surface area is 114 Å². The zero-order valence-corrected chi connectivity index (χ0v) is 11.8. The molecule has 1 aromatic rings. The summed E-state index contributed by atoms with van der Waals surface area (Å²) in [6, 6.07) is 0. The largest absolute Gasteiger partial charge is 0.468 e. The van der Waals surface area contributed by atoms with Crippen molar-refractivity contribution in [3.05, 3.63) is 18.7 Å². The van der Waals surface area contributed by atoms with Crippen LogP contribution in [0.4, 0.5) is 0 Å². The van der Waals surface area contributed by atoms with E-state index in [4.69, 9.17) is 4.74 Å². The highest BCUT2D eigenvalue weighted by Gasteiger charge is 2.48. The second-order valence-electron chi connectivity index (χ2n) is 5.17. The minimum Gasteiger partial charge on any atom is -0.468 e. The summed E-state index contributed by atoms with van der Waals surface area (Å²) < 4.78 is 7.10. The smallest absolute Gasteiger partial charge is 0.326 e. The van der Waals surface area contributed by atoms with Gasteiger partial charge in [-0.3, -0.25) is 4.79 Å². The third-order valence-electron chi connectivity index (χ3n) is 4.16. The number of nitrogens with zero attached hydrogens (tertiary/aromatic N) is 2. The lowest BCUT2D eigenvalue weighted by atomic mass is 9.84. The average Bonchev–Trinajstić information content (AvgIpc) is 3.05. The van der Waals surface area contributed by atoms with Gasteiger partial charge in [0.2, 0.25) is 0 Å². The molecule has 0 bridgehead atoms. The number of likely N-dealkylation sites (N-methyl/N-ethyl adjacent to an activating group) is 1. The van der Waals surface area contributed by atoms with Gasteiger partial charge in [-0.2, -0.15) is 0 Å². The van der Waals surface area contributed by atoms with Crippen LogP contribution >= 0.6 is 0 Å². The van der Waals surface area contributed by atoms with Crippen molar-refractivity contribution in [2.45, 2.75) is 44.7 Å². The van der Waals surface area contributed by atoms with Gasteiger partial charge in [0.15, 0.2) is 0 Å². The molecule has 2 unspecified atom stereocenters. The molecule has 1 saturated carbocycles. The third-order valence-corrected chi connectivity index (χ3v) is 4.16. The quantitative estimate of drug-likeness (QED) is 0.794. The second-order valence-corrected chi connectivity index (χ2v) is 5.17. The highest BCUT2D eigenvalue weighted by molar-refractivity contribution is 5.81. The fraction of sp³-hybridized carbons (Fsp3) is 0.714. The van der Waals surface area contributed by atoms with E-state index >= 15 is 0 Å². The number of ether oxygens (including phenoxy) is 1. The lowest BCUT2D eigenvalue weighted by Gasteiger charge is -2.33. The van der Waals surface area contributed by atoms with Crippen LogP contribution in [0.1, 0.15) is 32.6 Å². The molecule has 1 fully saturated rings. The molecule has 0 amide bonds. The molecule has 106 valence electrons. The number of carbonyl (C=O) groups excluding carboxylic acids is 1. The van der Waals surface area contributed by atoms with Gasteiger partial charge >= 0.3 is 5.97 Å². The molecule has 2 atom stereocenters. The predicted octanol–water partition coefficient (Wildman–Crippen LogP) is 1.59. The lowest BCUT2D eigenvalue weighted by molar-refractivity contribution is -0.150. The number of methoxy groups -OCH3 is 1. The Morgan fingerprint density at radius 3 is 3.11 bits per heavy atom. The van der Waals surface area contributed by atoms with Gasteiger partial charge in [-0.25, -0.2) is 4.98 Å². The summed E-state index contributed by atoms with van der Waals surface area (Å²) in [5, 5.41) is 3.39. The number of carbonyl (C=O) groups is 1. The summed E-state index contributed by atoms with van der Waals surface area (Å²) in [5.74, 6) is 0.227. The first-order valence-electron chi connectivity index (χ1n) is 7.02. The highest BCUT2D eigenvalue weighted by Crippen LogP contribution is 2.39.